The molecule has 3 saturated heterocycles. The lowest BCUT2D eigenvalue weighted by Gasteiger charge is -2.47. The number of pyridine rings is 1. The number of alkyl halides is 2. The number of halogens is 3. The number of aryl methyl sites for hydroxylation is 1. The number of aliphatic hydroxyl groups is 1. The number of hydrogen-bond acceptors (Lipinski definition) is 7. The summed E-state index contributed by atoms with van der Waals surface area (Å²) < 4.78 is 50.5. The molecule has 3 aromatic rings. The molecule has 5 heterocycles. The Morgan fingerprint density at radius 1 is 1.17 bits per heavy atom. The van der Waals surface area contributed by atoms with Crippen molar-refractivity contribution in [1.29, 1.82) is 0 Å². The van der Waals surface area contributed by atoms with Crippen LogP contribution in [0.3, 0.4) is 0 Å². The molecule has 2 aromatic heterocycles. The second kappa shape index (κ2) is 8.30. The number of hydrogen-bond donors (Lipinski definition) is 2. The number of benzene rings is 1. The molecule has 2 bridgehead atoms. The Labute approximate surface area is 201 Å². The van der Waals surface area contributed by atoms with Gasteiger partial charge in [-0.3, -0.25) is 0 Å². The first-order valence-electron chi connectivity index (χ1n) is 11.6. The maximum atomic E-state index is 15.3. The zero-order valence-corrected chi connectivity index (χ0v) is 20.0. The zero-order chi connectivity index (χ0) is 25.1. The van der Waals surface area contributed by atoms with Crippen LogP contribution >= 0.6 is 0 Å². The number of morpholine rings is 1. The molecule has 2 unspecified atom stereocenters. The van der Waals surface area contributed by atoms with Gasteiger partial charge in [0.1, 0.15) is 17.2 Å². The third kappa shape index (κ3) is 4.08. The van der Waals surface area contributed by atoms with Gasteiger partial charge in [0.25, 0.3) is 0 Å². The van der Waals surface area contributed by atoms with E-state index in [1.165, 1.54) is 12.1 Å². The molecule has 0 saturated carbocycles. The molecule has 0 aliphatic carbocycles. The Kier molecular flexibility index (Phi) is 5.63. The van der Waals surface area contributed by atoms with Crippen LogP contribution in [0.25, 0.3) is 10.8 Å². The fourth-order valence-electron chi connectivity index (χ4n) is 4.72. The summed E-state index contributed by atoms with van der Waals surface area (Å²) in [5.74, 6) is -3.66. The van der Waals surface area contributed by atoms with E-state index < -0.39 is 28.9 Å². The van der Waals surface area contributed by atoms with Crippen LogP contribution in [-0.2, 0) is 10.7 Å². The van der Waals surface area contributed by atoms with Crippen molar-refractivity contribution in [2.24, 2.45) is 0 Å². The van der Waals surface area contributed by atoms with Gasteiger partial charge in [-0.1, -0.05) is 12.1 Å². The SMILES string of the molecule is Cc1nnc(N[C@H](C)c2cccc(C(F)(F)C(C)(C)O)c2F)c2cc(N3CC4CC(C3)O4)ncc12. The molecule has 3 aliphatic rings. The molecule has 186 valence electrons. The van der Waals surface area contributed by atoms with Crippen molar-refractivity contribution >= 4 is 22.4 Å². The fourth-order valence-corrected chi connectivity index (χ4v) is 4.72. The maximum absolute atomic E-state index is 15.3. The molecule has 6 rings (SSSR count). The van der Waals surface area contributed by atoms with E-state index in [1.54, 1.807) is 13.1 Å². The quantitative estimate of drug-likeness (QED) is 0.530. The van der Waals surface area contributed by atoms with Crippen molar-refractivity contribution in [3.05, 3.63) is 53.1 Å². The van der Waals surface area contributed by atoms with Gasteiger partial charge in [-0.2, -0.15) is 13.9 Å². The van der Waals surface area contributed by atoms with Crippen molar-refractivity contribution in [3.63, 3.8) is 0 Å². The predicted molar refractivity (Wildman–Crippen MR) is 126 cm³/mol. The van der Waals surface area contributed by atoms with Crippen LogP contribution in [-0.4, -0.2) is 51.2 Å². The summed E-state index contributed by atoms with van der Waals surface area (Å²) in [4.78, 5) is 6.78. The normalized spacial score (nSPS) is 21.1. The van der Waals surface area contributed by atoms with Crippen molar-refractivity contribution in [2.75, 3.05) is 23.3 Å². The van der Waals surface area contributed by atoms with E-state index in [1.807, 2.05) is 13.0 Å². The number of nitrogens with zero attached hydrogens (tertiary/aromatic N) is 4. The first kappa shape index (κ1) is 23.7. The fraction of sp³-hybridized carbons (Fsp3) is 0.480. The number of aromatic nitrogens is 3. The van der Waals surface area contributed by atoms with Crippen molar-refractivity contribution in [3.8, 4) is 0 Å². The number of rotatable bonds is 6. The first-order valence-corrected chi connectivity index (χ1v) is 11.6. The van der Waals surface area contributed by atoms with Crippen LogP contribution < -0.4 is 10.2 Å². The van der Waals surface area contributed by atoms with Crippen LogP contribution in [0.5, 0.6) is 0 Å². The number of anilines is 2. The molecule has 0 spiro atoms. The van der Waals surface area contributed by atoms with Crippen molar-refractivity contribution < 1.29 is 23.0 Å². The van der Waals surface area contributed by atoms with Gasteiger partial charge in [-0.05, 0) is 39.8 Å². The molecule has 0 amide bonds. The number of ether oxygens (including phenoxy) is 1. The molecular weight excluding hydrogens is 459 g/mol. The van der Waals surface area contributed by atoms with E-state index >= 15 is 4.39 Å². The third-order valence-corrected chi connectivity index (χ3v) is 6.87. The summed E-state index contributed by atoms with van der Waals surface area (Å²) in [5.41, 5.74) is -2.55. The van der Waals surface area contributed by atoms with Crippen LogP contribution in [0.15, 0.2) is 30.5 Å². The lowest BCUT2D eigenvalue weighted by atomic mass is 9.91. The highest BCUT2D eigenvalue weighted by Gasteiger charge is 2.49. The molecule has 0 radical (unpaired) electrons. The molecule has 10 heteroatoms. The first-order chi connectivity index (χ1) is 16.5. The highest BCUT2D eigenvalue weighted by molar-refractivity contribution is 5.94. The molecule has 3 fully saturated rings. The van der Waals surface area contributed by atoms with E-state index in [9.17, 15) is 13.9 Å². The second-order valence-electron chi connectivity index (χ2n) is 9.95. The molecular formula is C25H28F3N5O2. The molecule has 3 atom stereocenters. The standard InChI is InChI=1S/C25H28F3N5O2/c1-13(17-6-5-7-20(22(17)26)25(27,28)24(3,4)34)30-23-18-9-21(29-10-19(18)14(2)31-32-23)33-11-15-8-16(12-33)35-15/h5-7,9-10,13,15-16,34H,8,11-12H2,1-4H3,(H,30,32)/t13-,15?,16?/m1/s1. The van der Waals surface area contributed by atoms with E-state index in [-0.39, 0.29) is 17.8 Å². The van der Waals surface area contributed by atoms with Crippen LogP contribution in [0.1, 0.15) is 50.1 Å². The maximum Gasteiger partial charge on any atom is 0.303 e. The van der Waals surface area contributed by atoms with Gasteiger partial charge in [-0.15, -0.1) is 5.10 Å². The summed E-state index contributed by atoms with van der Waals surface area (Å²) in [6.45, 7) is 6.93. The summed E-state index contributed by atoms with van der Waals surface area (Å²) in [6, 6.07) is 5.01. The van der Waals surface area contributed by atoms with Gasteiger partial charge >= 0.3 is 5.92 Å². The average Bonchev–Trinajstić information content (AvgIpc) is 2.79. The monoisotopic (exact) mass is 487 g/mol. The Bertz CT molecular complexity index is 1260. The topological polar surface area (TPSA) is 83.4 Å². The van der Waals surface area contributed by atoms with E-state index in [2.05, 4.69) is 25.4 Å². The minimum Gasteiger partial charge on any atom is -0.384 e. The zero-order valence-electron chi connectivity index (χ0n) is 20.0. The number of fused-ring (bicyclic) bond motifs is 3. The second-order valence-corrected chi connectivity index (χ2v) is 9.95. The van der Waals surface area contributed by atoms with Crippen LogP contribution in [0.4, 0.5) is 24.8 Å². The van der Waals surface area contributed by atoms with Gasteiger partial charge in [0.05, 0.1) is 29.5 Å². The van der Waals surface area contributed by atoms with E-state index in [0.29, 0.717) is 11.5 Å². The predicted octanol–water partition coefficient (Wildman–Crippen LogP) is 4.49. The lowest BCUT2D eigenvalue weighted by molar-refractivity contribution is -0.170. The minimum absolute atomic E-state index is 0.0319. The highest BCUT2D eigenvalue weighted by atomic mass is 19.3. The van der Waals surface area contributed by atoms with E-state index in [4.69, 9.17) is 4.74 Å². The molecule has 1 aromatic carbocycles. The Hall–Kier alpha value is -2.98. The number of nitrogens with one attached hydrogen (secondary N) is 1. The van der Waals surface area contributed by atoms with Gasteiger partial charge in [0.15, 0.2) is 5.82 Å². The van der Waals surface area contributed by atoms with Crippen LogP contribution in [0.2, 0.25) is 0 Å². The van der Waals surface area contributed by atoms with Crippen molar-refractivity contribution in [2.45, 2.75) is 63.9 Å². The minimum atomic E-state index is -3.78. The van der Waals surface area contributed by atoms with Gasteiger partial charge in [-0.25, -0.2) is 9.37 Å². The number of piperidine rings is 1. The van der Waals surface area contributed by atoms with Gasteiger partial charge in [0.2, 0.25) is 0 Å². The Morgan fingerprint density at radius 2 is 1.86 bits per heavy atom. The van der Waals surface area contributed by atoms with Gasteiger partial charge < -0.3 is 20.1 Å². The summed E-state index contributed by atoms with van der Waals surface area (Å²) in [7, 11) is 0. The summed E-state index contributed by atoms with van der Waals surface area (Å²) in [5, 5.41) is 23.1. The van der Waals surface area contributed by atoms with Crippen LogP contribution in [0, 0.1) is 12.7 Å². The highest BCUT2D eigenvalue weighted by Crippen LogP contribution is 2.41. The summed E-state index contributed by atoms with van der Waals surface area (Å²) >= 11 is 0. The summed E-state index contributed by atoms with van der Waals surface area (Å²) in [6.07, 6.45) is 3.25. The smallest absolute Gasteiger partial charge is 0.303 e. The molecule has 35 heavy (non-hydrogen) atoms. The molecule has 3 aliphatic heterocycles. The third-order valence-electron chi connectivity index (χ3n) is 6.87. The van der Waals surface area contributed by atoms with Crippen molar-refractivity contribution in [1.82, 2.24) is 15.2 Å². The Morgan fingerprint density at radius 3 is 2.51 bits per heavy atom. The lowest BCUT2D eigenvalue weighted by Crippen LogP contribution is -2.57. The molecule has 7 nitrogen and oxygen atoms in total. The largest absolute Gasteiger partial charge is 0.384 e. The van der Waals surface area contributed by atoms with Gasteiger partial charge in [0, 0.05) is 42.0 Å². The Balaban J connectivity index is 1.48. The van der Waals surface area contributed by atoms with E-state index in [0.717, 1.165) is 56.0 Å². The average molecular weight is 488 g/mol. The molecule has 2 N–H and O–H groups in total.